The van der Waals surface area contributed by atoms with Crippen LogP contribution < -0.4 is 0 Å². The van der Waals surface area contributed by atoms with E-state index in [1.165, 1.54) is 18.4 Å². The first-order chi connectivity index (χ1) is 7.29. The second kappa shape index (κ2) is 4.65. The summed E-state index contributed by atoms with van der Waals surface area (Å²) in [4.78, 5) is 10.6. The van der Waals surface area contributed by atoms with Crippen molar-refractivity contribution in [2.24, 2.45) is 0 Å². The van der Waals surface area contributed by atoms with Gasteiger partial charge in [-0.15, -0.1) is 0 Å². The van der Waals surface area contributed by atoms with Gasteiger partial charge in [0.15, 0.2) is 0 Å². The molecule has 0 spiro atoms. The number of rotatable bonds is 4. The van der Waals surface area contributed by atoms with Crippen LogP contribution in [-0.2, 0) is 9.84 Å². The summed E-state index contributed by atoms with van der Waals surface area (Å²) in [7, 11) is -3.01. The third-order valence-corrected chi connectivity index (χ3v) is 3.38. The van der Waals surface area contributed by atoms with E-state index in [1.807, 2.05) is 0 Å². The van der Waals surface area contributed by atoms with Gasteiger partial charge in [0.25, 0.3) is 0 Å². The number of benzene rings is 1. The van der Waals surface area contributed by atoms with Crippen molar-refractivity contribution in [2.75, 3.05) is 12.0 Å². The van der Waals surface area contributed by atoms with Gasteiger partial charge in [0, 0.05) is 6.26 Å². The number of carboxylic acid groups (broad SMARTS) is 1. The molecule has 0 bridgehead atoms. The third kappa shape index (κ3) is 3.66. The lowest BCUT2D eigenvalue weighted by molar-refractivity contribution is 0.0697. The summed E-state index contributed by atoms with van der Waals surface area (Å²) < 4.78 is 22.2. The number of sulfone groups is 1. The zero-order valence-corrected chi connectivity index (χ0v) is 9.99. The first-order valence-electron chi connectivity index (χ1n) is 4.80. The van der Waals surface area contributed by atoms with E-state index < -0.39 is 15.8 Å². The molecule has 1 rings (SSSR count). The minimum absolute atomic E-state index is 0.0689. The Bertz CT molecular complexity index is 473. The fourth-order valence-electron chi connectivity index (χ4n) is 1.50. The van der Waals surface area contributed by atoms with Crippen LogP contribution in [0.5, 0.6) is 0 Å². The van der Waals surface area contributed by atoms with Crippen LogP contribution in [0.1, 0.15) is 28.8 Å². The van der Waals surface area contributed by atoms with E-state index >= 15 is 0 Å². The summed E-state index contributed by atoms with van der Waals surface area (Å²) in [6.45, 7) is 1.80. The minimum Gasteiger partial charge on any atom is -0.478 e. The van der Waals surface area contributed by atoms with Gasteiger partial charge in [0.05, 0.1) is 11.3 Å². The molecule has 0 fully saturated rings. The number of aromatic carboxylic acids is 1. The van der Waals surface area contributed by atoms with E-state index in [0.29, 0.717) is 0 Å². The fraction of sp³-hybridized carbons (Fsp3) is 0.364. The van der Waals surface area contributed by atoms with Crippen LogP contribution in [0.25, 0.3) is 0 Å². The zero-order chi connectivity index (χ0) is 12.3. The third-order valence-electron chi connectivity index (χ3n) is 2.28. The Labute approximate surface area is 94.8 Å². The van der Waals surface area contributed by atoms with Gasteiger partial charge >= 0.3 is 5.97 Å². The number of hydrogen-bond acceptors (Lipinski definition) is 3. The molecule has 0 saturated heterocycles. The lowest BCUT2D eigenvalue weighted by atomic mass is 10.0. The molecule has 1 aromatic rings. The lowest BCUT2D eigenvalue weighted by Crippen LogP contribution is -2.10. The first kappa shape index (κ1) is 12.7. The zero-order valence-electron chi connectivity index (χ0n) is 9.17. The highest BCUT2D eigenvalue weighted by atomic mass is 32.2. The Hall–Kier alpha value is -1.36. The Morgan fingerprint density at radius 1 is 1.31 bits per heavy atom. The smallest absolute Gasteiger partial charge is 0.335 e. The van der Waals surface area contributed by atoms with Crippen LogP contribution >= 0.6 is 0 Å². The summed E-state index contributed by atoms with van der Waals surface area (Å²) in [5.74, 6) is -1.04. The molecule has 16 heavy (non-hydrogen) atoms. The SMILES string of the molecule is CC(CS(C)(=O)=O)c1ccc(C(=O)O)cc1. The normalized spacial score (nSPS) is 13.4. The second-order valence-electron chi connectivity index (χ2n) is 3.92. The monoisotopic (exact) mass is 242 g/mol. The molecule has 0 aliphatic carbocycles. The Morgan fingerprint density at radius 3 is 2.19 bits per heavy atom. The molecule has 1 atom stereocenters. The molecule has 0 aromatic heterocycles. The molecule has 1 N–H and O–H groups in total. The van der Waals surface area contributed by atoms with Crippen LogP contribution in [-0.4, -0.2) is 31.5 Å². The second-order valence-corrected chi connectivity index (χ2v) is 6.11. The van der Waals surface area contributed by atoms with E-state index in [1.54, 1.807) is 19.1 Å². The molecule has 0 saturated carbocycles. The van der Waals surface area contributed by atoms with Crippen molar-refractivity contribution in [3.63, 3.8) is 0 Å². The van der Waals surface area contributed by atoms with Gasteiger partial charge in [-0.25, -0.2) is 13.2 Å². The molecule has 0 radical (unpaired) electrons. The maximum atomic E-state index is 11.1. The van der Waals surface area contributed by atoms with Crippen molar-refractivity contribution in [2.45, 2.75) is 12.8 Å². The maximum absolute atomic E-state index is 11.1. The highest BCUT2D eigenvalue weighted by molar-refractivity contribution is 7.90. The van der Waals surface area contributed by atoms with E-state index in [9.17, 15) is 13.2 Å². The Balaban J connectivity index is 2.86. The highest BCUT2D eigenvalue weighted by Crippen LogP contribution is 2.17. The van der Waals surface area contributed by atoms with Gasteiger partial charge in [-0.2, -0.15) is 0 Å². The Kier molecular flexibility index (Phi) is 3.70. The fourth-order valence-corrected chi connectivity index (χ4v) is 2.61. The highest BCUT2D eigenvalue weighted by Gasteiger charge is 2.13. The lowest BCUT2D eigenvalue weighted by Gasteiger charge is -2.10. The summed E-state index contributed by atoms with van der Waals surface area (Å²) in [6, 6.07) is 6.27. The molecular formula is C11H14O4S. The van der Waals surface area contributed by atoms with Crippen LogP contribution in [0.15, 0.2) is 24.3 Å². The molecule has 0 heterocycles. The molecular weight excluding hydrogens is 228 g/mol. The predicted molar refractivity (Wildman–Crippen MR) is 61.5 cm³/mol. The average molecular weight is 242 g/mol. The molecule has 0 amide bonds. The quantitative estimate of drug-likeness (QED) is 0.869. The average Bonchev–Trinajstić information content (AvgIpc) is 2.15. The summed E-state index contributed by atoms with van der Waals surface area (Å²) in [5.41, 5.74) is 1.03. The van der Waals surface area contributed by atoms with Gasteiger partial charge in [0.1, 0.15) is 9.84 Å². The van der Waals surface area contributed by atoms with Gasteiger partial charge in [-0.1, -0.05) is 19.1 Å². The molecule has 4 nitrogen and oxygen atoms in total. The predicted octanol–water partition coefficient (Wildman–Crippen LogP) is 1.53. The van der Waals surface area contributed by atoms with E-state index in [4.69, 9.17) is 5.11 Å². The van der Waals surface area contributed by atoms with Crippen molar-refractivity contribution >= 4 is 15.8 Å². The van der Waals surface area contributed by atoms with Crippen LogP contribution in [0.2, 0.25) is 0 Å². The van der Waals surface area contributed by atoms with E-state index in [-0.39, 0.29) is 17.2 Å². The minimum atomic E-state index is -3.01. The summed E-state index contributed by atoms with van der Waals surface area (Å²) in [6.07, 6.45) is 1.19. The standard InChI is InChI=1S/C11H14O4S/c1-8(7-16(2,14)15)9-3-5-10(6-4-9)11(12)13/h3-6,8H,7H2,1-2H3,(H,12,13). The largest absolute Gasteiger partial charge is 0.478 e. The van der Waals surface area contributed by atoms with Crippen molar-refractivity contribution in [3.8, 4) is 0 Å². The van der Waals surface area contributed by atoms with E-state index in [2.05, 4.69) is 0 Å². The number of carboxylic acids is 1. The van der Waals surface area contributed by atoms with Crippen molar-refractivity contribution in [1.82, 2.24) is 0 Å². The van der Waals surface area contributed by atoms with E-state index in [0.717, 1.165) is 5.56 Å². The molecule has 1 aromatic carbocycles. The van der Waals surface area contributed by atoms with Crippen molar-refractivity contribution in [3.05, 3.63) is 35.4 Å². The number of carbonyl (C=O) groups is 1. The molecule has 88 valence electrons. The topological polar surface area (TPSA) is 71.4 Å². The molecule has 0 aliphatic rings. The first-order valence-corrected chi connectivity index (χ1v) is 6.86. The van der Waals surface area contributed by atoms with Crippen LogP contribution in [0.4, 0.5) is 0 Å². The molecule has 5 heteroatoms. The van der Waals surface area contributed by atoms with Crippen LogP contribution in [0.3, 0.4) is 0 Å². The molecule has 0 aliphatic heterocycles. The number of hydrogen-bond donors (Lipinski definition) is 1. The summed E-state index contributed by atoms with van der Waals surface area (Å²) >= 11 is 0. The molecule has 1 unspecified atom stereocenters. The van der Waals surface area contributed by atoms with Crippen molar-refractivity contribution in [1.29, 1.82) is 0 Å². The maximum Gasteiger partial charge on any atom is 0.335 e. The van der Waals surface area contributed by atoms with Gasteiger partial charge < -0.3 is 5.11 Å². The van der Waals surface area contributed by atoms with Crippen LogP contribution in [0, 0.1) is 0 Å². The summed E-state index contributed by atoms with van der Waals surface area (Å²) in [5, 5.41) is 8.70. The van der Waals surface area contributed by atoms with Gasteiger partial charge in [-0.3, -0.25) is 0 Å². The van der Waals surface area contributed by atoms with Gasteiger partial charge in [-0.05, 0) is 23.6 Å². The van der Waals surface area contributed by atoms with Crippen molar-refractivity contribution < 1.29 is 18.3 Å². The Morgan fingerprint density at radius 2 is 1.81 bits per heavy atom. The van der Waals surface area contributed by atoms with Gasteiger partial charge in [0.2, 0.25) is 0 Å².